The average Bonchev–Trinajstić information content (AvgIpc) is 3.77. The van der Waals surface area contributed by atoms with Crippen LogP contribution in [0.1, 0.15) is 18.6 Å². The molecule has 0 amide bonds. The standard InChI is InChI=1S/C52H40N2O4.CH4/c1-33-29-41(51(55)47(31-33)53-43-21-9-3-15-35(43)36-16-4-10-22-44(36)53)39-19-7-13-25-49(39)57-27-28-58-50-26-14-8-20-40(50)42-30-34(2)32-48(52(42)56)54-45-23-11-5-17-37(45)38-18-6-12-24-46(38)54;/h3-26,29-32,55-56H,27-28H2,1-2H3;1H4. The summed E-state index contributed by atoms with van der Waals surface area (Å²) in [5.74, 6) is 1.63. The fourth-order valence-corrected chi connectivity index (χ4v) is 8.57. The highest BCUT2D eigenvalue weighted by atomic mass is 16.5. The lowest BCUT2D eigenvalue weighted by Gasteiger charge is -2.18. The van der Waals surface area contributed by atoms with Gasteiger partial charge in [-0.1, -0.05) is 117 Å². The van der Waals surface area contributed by atoms with Crippen LogP contribution in [0.2, 0.25) is 0 Å². The van der Waals surface area contributed by atoms with Crippen molar-refractivity contribution in [3.63, 3.8) is 0 Å². The molecular weight excluding hydrogens is 729 g/mol. The zero-order chi connectivity index (χ0) is 39.3. The fraction of sp³-hybridized carbons (Fsp3) is 0.0943. The van der Waals surface area contributed by atoms with Gasteiger partial charge in [0.15, 0.2) is 0 Å². The van der Waals surface area contributed by atoms with Crippen molar-refractivity contribution in [3.8, 4) is 56.6 Å². The number of phenolic OH excluding ortho intramolecular Hbond substituents is 2. The molecule has 0 unspecified atom stereocenters. The molecule has 0 saturated heterocycles. The number of hydrogen-bond acceptors (Lipinski definition) is 4. The zero-order valence-corrected chi connectivity index (χ0v) is 32.2. The molecule has 0 fully saturated rings. The van der Waals surface area contributed by atoms with Crippen LogP contribution in [0.5, 0.6) is 23.0 Å². The van der Waals surface area contributed by atoms with Crippen molar-refractivity contribution in [2.45, 2.75) is 21.3 Å². The number of aromatic nitrogens is 2. The lowest BCUT2D eigenvalue weighted by molar-refractivity contribution is 0.218. The van der Waals surface area contributed by atoms with E-state index in [0.29, 0.717) is 34.0 Å². The van der Waals surface area contributed by atoms with Crippen LogP contribution in [0.3, 0.4) is 0 Å². The SMILES string of the molecule is C.Cc1cc(-c2ccccc2OCCOc2ccccc2-c2cc(C)cc(-n3c4ccccc4c4ccccc43)c2O)c(O)c(-n2c3ccccc3c3ccccc32)c1. The maximum atomic E-state index is 12.0. The zero-order valence-electron chi connectivity index (χ0n) is 32.2. The molecule has 0 aliphatic rings. The van der Waals surface area contributed by atoms with E-state index in [1.165, 1.54) is 0 Å². The predicted octanol–water partition coefficient (Wildman–Crippen LogP) is 13.3. The van der Waals surface area contributed by atoms with Crippen molar-refractivity contribution in [1.82, 2.24) is 9.13 Å². The molecule has 0 spiro atoms. The third kappa shape index (κ3) is 6.30. The Bertz CT molecular complexity index is 2870. The van der Waals surface area contributed by atoms with E-state index in [1.807, 2.05) is 135 Å². The Balaban J connectivity index is 0.00000449. The third-order valence-corrected chi connectivity index (χ3v) is 11.1. The van der Waals surface area contributed by atoms with Crippen molar-refractivity contribution in [2.75, 3.05) is 13.2 Å². The molecule has 6 nitrogen and oxygen atoms in total. The van der Waals surface area contributed by atoms with Gasteiger partial charge >= 0.3 is 0 Å². The summed E-state index contributed by atoms with van der Waals surface area (Å²) in [6.45, 7) is 4.61. The first-order valence-electron chi connectivity index (χ1n) is 19.5. The molecule has 0 atom stereocenters. The first-order chi connectivity index (χ1) is 28.5. The number of ether oxygens (including phenoxy) is 2. The minimum atomic E-state index is 0. The Morgan fingerprint density at radius 2 is 0.695 bits per heavy atom. The van der Waals surface area contributed by atoms with Crippen molar-refractivity contribution in [3.05, 3.63) is 181 Å². The summed E-state index contributed by atoms with van der Waals surface area (Å²) in [6.07, 6.45) is 0. The van der Waals surface area contributed by atoms with Gasteiger partial charge in [-0.3, -0.25) is 0 Å². The number of hydrogen-bond donors (Lipinski definition) is 2. The Morgan fingerprint density at radius 3 is 1.05 bits per heavy atom. The highest BCUT2D eigenvalue weighted by Crippen LogP contribution is 2.45. The third-order valence-electron chi connectivity index (χ3n) is 11.1. The van der Waals surface area contributed by atoms with Gasteiger partial charge in [-0.15, -0.1) is 0 Å². The summed E-state index contributed by atoms with van der Waals surface area (Å²) >= 11 is 0. The van der Waals surface area contributed by atoms with Crippen LogP contribution in [0.15, 0.2) is 170 Å². The molecule has 6 heteroatoms. The van der Waals surface area contributed by atoms with Crippen LogP contribution >= 0.6 is 0 Å². The number of benzene rings is 8. The maximum absolute atomic E-state index is 12.0. The lowest BCUT2D eigenvalue weighted by atomic mass is 9.99. The second-order valence-electron chi connectivity index (χ2n) is 14.8. The Hall–Kier alpha value is -7.44. The van der Waals surface area contributed by atoms with E-state index in [4.69, 9.17) is 9.47 Å². The molecule has 0 radical (unpaired) electrons. The van der Waals surface area contributed by atoms with Crippen LogP contribution in [0.25, 0.3) is 77.2 Å². The predicted molar refractivity (Wildman–Crippen MR) is 243 cm³/mol. The smallest absolute Gasteiger partial charge is 0.147 e. The molecule has 290 valence electrons. The van der Waals surface area contributed by atoms with E-state index >= 15 is 0 Å². The molecule has 2 aromatic heterocycles. The number of phenols is 2. The molecule has 8 aromatic carbocycles. The van der Waals surface area contributed by atoms with Crippen LogP contribution in [-0.2, 0) is 0 Å². The van der Waals surface area contributed by atoms with E-state index in [0.717, 1.165) is 65.9 Å². The highest BCUT2D eigenvalue weighted by molar-refractivity contribution is 6.10. The van der Waals surface area contributed by atoms with Gasteiger partial charge in [0, 0.05) is 43.8 Å². The van der Waals surface area contributed by atoms with Crippen molar-refractivity contribution in [1.29, 1.82) is 0 Å². The molecule has 10 rings (SSSR count). The number of para-hydroxylation sites is 6. The number of rotatable bonds is 9. The summed E-state index contributed by atoms with van der Waals surface area (Å²) in [5, 5.41) is 28.6. The van der Waals surface area contributed by atoms with Crippen LogP contribution in [0, 0.1) is 13.8 Å². The van der Waals surface area contributed by atoms with E-state index in [2.05, 4.69) is 57.7 Å². The minimum absolute atomic E-state index is 0. The fourth-order valence-electron chi connectivity index (χ4n) is 8.57. The number of aromatic hydroxyl groups is 2. The number of nitrogens with zero attached hydrogens (tertiary/aromatic N) is 2. The van der Waals surface area contributed by atoms with E-state index in [1.54, 1.807) is 0 Å². The molecule has 2 heterocycles. The quantitative estimate of drug-likeness (QED) is 0.143. The molecule has 10 aromatic rings. The first-order valence-corrected chi connectivity index (χ1v) is 19.5. The lowest BCUT2D eigenvalue weighted by Crippen LogP contribution is -2.10. The van der Waals surface area contributed by atoms with Crippen LogP contribution in [0.4, 0.5) is 0 Å². The van der Waals surface area contributed by atoms with Gasteiger partial charge in [0.1, 0.15) is 36.2 Å². The van der Waals surface area contributed by atoms with Gasteiger partial charge in [0.25, 0.3) is 0 Å². The number of aryl methyl sites for hydroxylation is 2. The Labute approximate surface area is 343 Å². The molecule has 0 aliphatic heterocycles. The molecule has 0 aliphatic carbocycles. The van der Waals surface area contributed by atoms with Gasteiger partial charge in [0.2, 0.25) is 0 Å². The Morgan fingerprint density at radius 1 is 0.390 bits per heavy atom. The Kier molecular flexibility index (Phi) is 9.54. The van der Waals surface area contributed by atoms with E-state index in [9.17, 15) is 10.2 Å². The van der Waals surface area contributed by atoms with Gasteiger partial charge in [-0.05, 0) is 85.6 Å². The summed E-state index contributed by atoms with van der Waals surface area (Å²) in [6, 6.07) is 56.8. The van der Waals surface area contributed by atoms with Gasteiger partial charge in [0.05, 0.1) is 33.4 Å². The maximum Gasteiger partial charge on any atom is 0.147 e. The van der Waals surface area contributed by atoms with Gasteiger partial charge in [-0.25, -0.2) is 0 Å². The monoisotopic (exact) mass is 772 g/mol. The van der Waals surface area contributed by atoms with Gasteiger partial charge in [-0.2, -0.15) is 0 Å². The number of fused-ring (bicyclic) bond motifs is 6. The molecule has 0 saturated carbocycles. The second-order valence-corrected chi connectivity index (χ2v) is 14.8. The molecule has 0 bridgehead atoms. The topological polar surface area (TPSA) is 68.8 Å². The van der Waals surface area contributed by atoms with Crippen molar-refractivity contribution in [2.24, 2.45) is 0 Å². The summed E-state index contributed by atoms with van der Waals surface area (Å²) in [4.78, 5) is 0. The second kappa shape index (κ2) is 15.1. The van der Waals surface area contributed by atoms with Crippen molar-refractivity contribution < 1.29 is 19.7 Å². The van der Waals surface area contributed by atoms with E-state index in [-0.39, 0.29) is 32.1 Å². The molecular formula is C53H44N2O4. The summed E-state index contributed by atoms with van der Waals surface area (Å²) in [5.41, 5.74) is 10.5. The van der Waals surface area contributed by atoms with Gasteiger partial charge < -0.3 is 28.8 Å². The van der Waals surface area contributed by atoms with Crippen LogP contribution in [-0.4, -0.2) is 32.6 Å². The first kappa shape index (κ1) is 37.2. The normalized spacial score (nSPS) is 11.4. The molecule has 2 N–H and O–H groups in total. The summed E-state index contributed by atoms with van der Waals surface area (Å²) < 4.78 is 17.1. The summed E-state index contributed by atoms with van der Waals surface area (Å²) in [7, 11) is 0. The van der Waals surface area contributed by atoms with Crippen molar-refractivity contribution >= 4 is 43.6 Å². The average molecular weight is 773 g/mol. The van der Waals surface area contributed by atoms with E-state index < -0.39 is 0 Å². The highest BCUT2D eigenvalue weighted by Gasteiger charge is 2.21. The van der Waals surface area contributed by atoms with Crippen LogP contribution < -0.4 is 9.47 Å². The minimum Gasteiger partial charge on any atom is -0.505 e. The molecule has 59 heavy (non-hydrogen) atoms. The largest absolute Gasteiger partial charge is 0.505 e.